The summed E-state index contributed by atoms with van der Waals surface area (Å²) in [4.78, 5) is 17.4. The molecule has 0 spiro atoms. The second-order valence-corrected chi connectivity index (χ2v) is 6.93. The first kappa shape index (κ1) is 18.5. The number of benzene rings is 2. The molecule has 1 aliphatic heterocycles. The molecule has 1 aliphatic rings. The van der Waals surface area contributed by atoms with E-state index >= 15 is 0 Å². The summed E-state index contributed by atoms with van der Waals surface area (Å²) in [7, 11) is 3.57. The van der Waals surface area contributed by atoms with Crippen molar-refractivity contribution in [1.29, 1.82) is 0 Å². The minimum Gasteiger partial charge on any atom is -0.496 e. The van der Waals surface area contributed by atoms with Crippen LogP contribution in [0.15, 0.2) is 54.6 Å². The molecule has 0 aliphatic carbocycles. The van der Waals surface area contributed by atoms with Gasteiger partial charge in [-0.3, -0.25) is 4.79 Å². The van der Waals surface area contributed by atoms with Gasteiger partial charge < -0.3 is 14.5 Å². The van der Waals surface area contributed by atoms with Crippen LogP contribution < -0.4 is 4.74 Å². The Balaban J connectivity index is 1.77. The molecular weight excluding hydrogens is 324 g/mol. The van der Waals surface area contributed by atoms with Crippen LogP contribution in [0.2, 0.25) is 0 Å². The average Bonchev–Trinajstić information content (AvgIpc) is 3.20. The summed E-state index contributed by atoms with van der Waals surface area (Å²) in [6.45, 7) is 3.13. The number of amides is 1. The summed E-state index contributed by atoms with van der Waals surface area (Å²) in [5.74, 6) is 0.882. The molecule has 1 atom stereocenters. The topological polar surface area (TPSA) is 32.8 Å². The maximum atomic E-state index is 13.0. The van der Waals surface area contributed by atoms with Crippen molar-refractivity contribution >= 4 is 5.91 Å². The number of carbonyl (C=O) groups is 1. The maximum absolute atomic E-state index is 13.0. The van der Waals surface area contributed by atoms with Gasteiger partial charge >= 0.3 is 0 Å². The third-order valence-corrected chi connectivity index (χ3v) is 5.21. The highest BCUT2D eigenvalue weighted by atomic mass is 16.5. The third-order valence-electron chi connectivity index (χ3n) is 5.21. The number of ether oxygens (including phenoxy) is 1. The van der Waals surface area contributed by atoms with Gasteiger partial charge in [0.25, 0.3) is 0 Å². The number of rotatable bonds is 7. The Bertz CT molecular complexity index is 711. The molecule has 4 heteroatoms. The van der Waals surface area contributed by atoms with Gasteiger partial charge in [0, 0.05) is 19.2 Å². The van der Waals surface area contributed by atoms with Gasteiger partial charge in [0.05, 0.1) is 19.6 Å². The molecule has 2 aromatic carbocycles. The smallest absolute Gasteiger partial charge is 0.227 e. The first-order chi connectivity index (χ1) is 12.7. The van der Waals surface area contributed by atoms with Crippen LogP contribution in [0.1, 0.15) is 30.0 Å². The maximum Gasteiger partial charge on any atom is 0.227 e. The first-order valence-corrected chi connectivity index (χ1v) is 9.34. The zero-order valence-corrected chi connectivity index (χ0v) is 15.7. The molecule has 0 bridgehead atoms. The Kier molecular flexibility index (Phi) is 6.29. The molecular formula is C22H28N2O2. The minimum absolute atomic E-state index is 0.0662. The molecule has 0 unspecified atom stereocenters. The van der Waals surface area contributed by atoms with E-state index in [0.717, 1.165) is 30.9 Å². The van der Waals surface area contributed by atoms with E-state index < -0.39 is 0 Å². The van der Waals surface area contributed by atoms with Crippen LogP contribution in [-0.4, -0.2) is 49.5 Å². The van der Waals surface area contributed by atoms with E-state index in [-0.39, 0.29) is 11.9 Å². The van der Waals surface area contributed by atoms with Gasteiger partial charge in [0.2, 0.25) is 5.91 Å². The van der Waals surface area contributed by atoms with Gasteiger partial charge in [0.15, 0.2) is 0 Å². The number of hydrogen-bond donors (Lipinski definition) is 0. The molecule has 0 saturated carbocycles. The molecule has 1 fully saturated rings. The zero-order valence-electron chi connectivity index (χ0n) is 15.7. The molecule has 0 aromatic heterocycles. The second kappa shape index (κ2) is 8.86. The van der Waals surface area contributed by atoms with E-state index in [9.17, 15) is 4.79 Å². The molecule has 0 radical (unpaired) electrons. The monoisotopic (exact) mass is 352 g/mol. The summed E-state index contributed by atoms with van der Waals surface area (Å²) in [6.07, 6.45) is 2.85. The number of likely N-dealkylation sites (N-methyl/N-ethyl adjacent to an activating group) is 1. The van der Waals surface area contributed by atoms with Crippen molar-refractivity contribution < 1.29 is 9.53 Å². The standard InChI is InChI=1S/C22H28N2O2/c1-23(22(25)16-19-12-6-7-13-21(19)26-2)20(17-24-14-8-9-15-24)18-10-4-3-5-11-18/h3-7,10-13,20H,8-9,14-17H2,1-2H3/t20-/m1/s1. The molecule has 26 heavy (non-hydrogen) atoms. The molecule has 1 saturated heterocycles. The zero-order chi connectivity index (χ0) is 18.4. The average molecular weight is 352 g/mol. The second-order valence-electron chi connectivity index (χ2n) is 6.93. The summed E-state index contributed by atoms with van der Waals surface area (Å²) in [5.41, 5.74) is 2.12. The van der Waals surface area contributed by atoms with Crippen molar-refractivity contribution in [3.05, 3.63) is 65.7 Å². The Morgan fingerprint density at radius 2 is 1.73 bits per heavy atom. The highest BCUT2D eigenvalue weighted by molar-refractivity contribution is 5.79. The Morgan fingerprint density at radius 3 is 2.42 bits per heavy atom. The van der Waals surface area contributed by atoms with Gasteiger partial charge in [-0.1, -0.05) is 48.5 Å². The number of methoxy groups -OCH3 is 1. The quantitative estimate of drug-likeness (QED) is 0.764. The van der Waals surface area contributed by atoms with Gasteiger partial charge in [-0.15, -0.1) is 0 Å². The third kappa shape index (κ3) is 4.44. The molecule has 2 aromatic rings. The molecule has 1 amide bonds. The predicted molar refractivity (Wildman–Crippen MR) is 104 cm³/mol. The van der Waals surface area contributed by atoms with Crippen LogP contribution in [0.25, 0.3) is 0 Å². The molecule has 138 valence electrons. The highest BCUT2D eigenvalue weighted by Gasteiger charge is 2.26. The van der Waals surface area contributed by atoms with Crippen LogP contribution in [-0.2, 0) is 11.2 Å². The predicted octanol–water partition coefficient (Wildman–Crippen LogP) is 3.53. The lowest BCUT2D eigenvalue weighted by molar-refractivity contribution is -0.131. The fourth-order valence-electron chi connectivity index (χ4n) is 3.65. The van der Waals surface area contributed by atoms with E-state index in [0.29, 0.717) is 6.42 Å². The summed E-state index contributed by atoms with van der Waals surface area (Å²) < 4.78 is 5.40. The molecule has 3 rings (SSSR count). The summed E-state index contributed by atoms with van der Waals surface area (Å²) in [6, 6.07) is 18.2. The lowest BCUT2D eigenvalue weighted by atomic mass is 10.0. The van der Waals surface area contributed by atoms with Gasteiger partial charge in [0.1, 0.15) is 5.75 Å². The van der Waals surface area contributed by atoms with Crippen LogP contribution in [0.4, 0.5) is 0 Å². The number of likely N-dealkylation sites (tertiary alicyclic amines) is 1. The van der Waals surface area contributed by atoms with Crippen molar-refractivity contribution in [2.24, 2.45) is 0 Å². The van der Waals surface area contributed by atoms with E-state index in [1.54, 1.807) is 7.11 Å². The van der Waals surface area contributed by atoms with E-state index in [2.05, 4.69) is 17.0 Å². The summed E-state index contributed by atoms with van der Waals surface area (Å²) in [5, 5.41) is 0. The SMILES string of the molecule is COc1ccccc1CC(=O)N(C)[C@H](CN1CCCC1)c1ccccc1. The minimum atomic E-state index is 0.0662. The van der Waals surface area contributed by atoms with Crippen LogP contribution >= 0.6 is 0 Å². The van der Waals surface area contributed by atoms with Crippen molar-refractivity contribution in [2.75, 3.05) is 33.8 Å². The molecule has 1 heterocycles. The van der Waals surface area contributed by atoms with Crippen molar-refractivity contribution in [3.63, 3.8) is 0 Å². The summed E-state index contributed by atoms with van der Waals surface area (Å²) >= 11 is 0. The normalized spacial score (nSPS) is 15.6. The van der Waals surface area contributed by atoms with Gasteiger partial charge in [-0.2, -0.15) is 0 Å². The lowest BCUT2D eigenvalue weighted by Crippen LogP contribution is -2.39. The number of carbonyl (C=O) groups excluding carboxylic acids is 1. The number of nitrogens with zero attached hydrogens (tertiary/aromatic N) is 2. The Morgan fingerprint density at radius 1 is 1.08 bits per heavy atom. The van der Waals surface area contributed by atoms with Crippen LogP contribution in [0, 0.1) is 0 Å². The van der Waals surface area contributed by atoms with Gasteiger partial charge in [-0.05, 0) is 37.6 Å². The number of hydrogen-bond acceptors (Lipinski definition) is 3. The van der Waals surface area contributed by atoms with Gasteiger partial charge in [-0.25, -0.2) is 0 Å². The van der Waals surface area contributed by atoms with Crippen molar-refractivity contribution in [3.8, 4) is 5.75 Å². The Hall–Kier alpha value is -2.33. The largest absolute Gasteiger partial charge is 0.496 e. The number of para-hydroxylation sites is 1. The molecule has 0 N–H and O–H groups in total. The van der Waals surface area contributed by atoms with Crippen molar-refractivity contribution in [2.45, 2.75) is 25.3 Å². The fourth-order valence-corrected chi connectivity index (χ4v) is 3.65. The first-order valence-electron chi connectivity index (χ1n) is 9.34. The van der Waals surface area contributed by atoms with E-state index in [1.807, 2.05) is 54.4 Å². The lowest BCUT2D eigenvalue weighted by Gasteiger charge is -2.32. The van der Waals surface area contributed by atoms with E-state index in [4.69, 9.17) is 4.74 Å². The molecule has 4 nitrogen and oxygen atoms in total. The fraction of sp³-hybridized carbons (Fsp3) is 0.409. The van der Waals surface area contributed by atoms with Crippen molar-refractivity contribution in [1.82, 2.24) is 9.80 Å². The Labute approximate surface area is 156 Å². The van der Waals surface area contributed by atoms with Crippen LogP contribution in [0.3, 0.4) is 0 Å². The van der Waals surface area contributed by atoms with E-state index in [1.165, 1.54) is 18.4 Å². The highest BCUT2D eigenvalue weighted by Crippen LogP contribution is 2.25. The van der Waals surface area contributed by atoms with Crippen LogP contribution in [0.5, 0.6) is 5.75 Å².